The molecule has 0 spiro atoms. The fraction of sp³-hybridized carbons (Fsp3) is 0.300. The number of allylic oxidation sites excluding steroid dienone is 3. The SMILES string of the molecule is C=C(C)C1CC=C(C=NNC(=O)Cc2c[nH]c3ccccc23)CC1. The molecule has 0 aliphatic heterocycles. The number of hydrogen-bond acceptors (Lipinski definition) is 2. The van der Waals surface area contributed by atoms with E-state index in [0.717, 1.165) is 35.7 Å². The zero-order valence-electron chi connectivity index (χ0n) is 14.0. The number of hydrazone groups is 1. The van der Waals surface area contributed by atoms with Crippen molar-refractivity contribution in [3.8, 4) is 0 Å². The summed E-state index contributed by atoms with van der Waals surface area (Å²) in [6.45, 7) is 6.11. The van der Waals surface area contributed by atoms with Crippen LogP contribution in [0.25, 0.3) is 10.9 Å². The normalized spacial score (nSPS) is 17.9. The van der Waals surface area contributed by atoms with E-state index in [1.165, 1.54) is 11.1 Å². The summed E-state index contributed by atoms with van der Waals surface area (Å²) in [6.07, 6.45) is 9.27. The van der Waals surface area contributed by atoms with E-state index in [2.05, 4.69) is 35.1 Å². The van der Waals surface area contributed by atoms with Crippen molar-refractivity contribution in [1.29, 1.82) is 0 Å². The maximum atomic E-state index is 12.1. The molecule has 1 unspecified atom stereocenters. The molecule has 4 nitrogen and oxygen atoms in total. The molecule has 1 heterocycles. The van der Waals surface area contributed by atoms with Gasteiger partial charge in [-0.2, -0.15) is 5.10 Å². The number of nitrogens with zero attached hydrogens (tertiary/aromatic N) is 1. The van der Waals surface area contributed by atoms with Crippen molar-refractivity contribution in [2.75, 3.05) is 0 Å². The van der Waals surface area contributed by atoms with Crippen LogP contribution >= 0.6 is 0 Å². The van der Waals surface area contributed by atoms with E-state index in [1.807, 2.05) is 30.5 Å². The molecule has 0 saturated heterocycles. The number of rotatable bonds is 5. The number of amides is 1. The summed E-state index contributed by atoms with van der Waals surface area (Å²) in [7, 11) is 0. The number of carbonyl (C=O) groups is 1. The van der Waals surface area contributed by atoms with Gasteiger partial charge in [0.25, 0.3) is 0 Å². The van der Waals surface area contributed by atoms with Crippen LogP contribution in [-0.2, 0) is 11.2 Å². The molecule has 2 N–H and O–H groups in total. The number of benzene rings is 1. The van der Waals surface area contributed by atoms with E-state index in [9.17, 15) is 4.79 Å². The van der Waals surface area contributed by atoms with Gasteiger partial charge in [0.15, 0.2) is 0 Å². The molecule has 1 aliphatic rings. The first-order chi connectivity index (χ1) is 11.6. The third-order valence-corrected chi connectivity index (χ3v) is 4.59. The lowest BCUT2D eigenvalue weighted by molar-refractivity contribution is -0.120. The number of H-pyrrole nitrogens is 1. The van der Waals surface area contributed by atoms with Gasteiger partial charge in [-0.3, -0.25) is 4.79 Å². The molecule has 1 aliphatic carbocycles. The molecule has 0 bridgehead atoms. The first-order valence-electron chi connectivity index (χ1n) is 8.35. The largest absolute Gasteiger partial charge is 0.361 e. The molecular formula is C20H23N3O. The Labute approximate surface area is 142 Å². The number of fused-ring (bicyclic) bond motifs is 1. The van der Waals surface area contributed by atoms with Gasteiger partial charge in [-0.05, 0) is 49.3 Å². The van der Waals surface area contributed by atoms with Gasteiger partial charge in [-0.15, -0.1) is 0 Å². The fourth-order valence-electron chi connectivity index (χ4n) is 3.10. The minimum absolute atomic E-state index is 0.104. The number of aromatic amines is 1. The van der Waals surface area contributed by atoms with Crippen LogP contribution in [0.3, 0.4) is 0 Å². The summed E-state index contributed by atoms with van der Waals surface area (Å²) in [6, 6.07) is 7.97. The zero-order valence-corrected chi connectivity index (χ0v) is 14.0. The number of para-hydroxylation sites is 1. The predicted molar refractivity (Wildman–Crippen MR) is 98.9 cm³/mol. The molecule has 1 amide bonds. The van der Waals surface area contributed by atoms with E-state index in [0.29, 0.717) is 12.3 Å². The third-order valence-electron chi connectivity index (χ3n) is 4.59. The van der Waals surface area contributed by atoms with Crippen molar-refractivity contribution >= 4 is 23.0 Å². The lowest BCUT2D eigenvalue weighted by Gasteiger charge is -2.20. The first kappa shape index (κ1) is 16.2. The Hall–Kier alpha value is -2.62. The molecule has 0 saturated carbocycles. The Morgan fingerprint density at radius 1 is 1.46 bits per heavy atom. The number of hydrogen-bond donors (Lipinski definition) is 2. The van der Waals surface area contributed by atoms with Crippen LogP contribution in [0.5, 0.6) is 0 Å². The summed E-state index contributed by atoms with van der Waals surface area (Å²) in [5.74, 6) is 0.478. The Morgan fingerprint density at radius 2 is 2.29 bits per heavy atom. The molecule has 1 aromatic heterocycles. The molecule has 1 aromatic carbocycles. The molecule has 0 radical (unpaired) electrons. The molecular weight excluding hydrogens is 298 g/mol. The molecule has 24 heavy (non-hydrogen) atoms. The lowest BCUT2D eigenvalue weighted by atomic mass is 9.86. The second-order valence-corrected chi connectivity index (χ2v) is 6.43. The predicted octanol–water partition coefficient (Wildman–Crippen LogP) is 4.12. The minimum atomic E-state index is -0.104. The summed E-state index contributed by atoms with van der Waals surface area (Å²) in [5.41, 5.74) is 7.08. The van der Waals surface area contributed by atoms with Gasteiger partial charge >= 0.3 is 0 Å². The second-order valence-electron chi connectivity index (χ2n) is 6.43. The van der Waals surface area contributed by atoms with Gasteiger partial charge in [-0.1, -0.05) is 36.4 Å². The van der Waals surface area contributed by atoms with Gasteiger partial charge < -0.3 is 4.98 Å². The lowest BCUT2D eigenvalue weighted by Crippen LogP contribution is -2.20. The quantitative estimate of drug-likeness (QED) is 0.486. The minimum Gasteiger partial charge on any atom is -0.361 e. The van der Waals surface area contributed by atoms with Crippen LogP contribution in [0.1, 0.15) is 31.7 Å². The van der Waals surface area contributed by atoms with Gasteiger partial charge in [0.1, 0.15) is 0 Å². The average molecular weight is 321 g/mol. The Bertz CT molecular complexity index is 813. The molecule has 1 atom stereocenters. The highest BCUT2D eigenvalue weighted by molar-refractivity contribution is 5.89. The van der Waals surface area contributed by atoms with Crippen molar-refractivity contribution in [2.45, 2.75) is 32.6 Å². The fourth-order valence-corrected chi connectivity index (χ4v) is 3.10. The zero-order chi connectivity index (χ0) is 16.9. The highest BCUT2D eigenvalue weighted by Gasteiger charge is 2.14. The number of nitrogens with one attached hydrogen (secondary N) is 2. The Kier molecular flexibility index (Phi) is 4.94. The summed E-state index contributed by atoms with van der Waals surface area (Å²) >= 11 is 0. The highest BCUT2D eigenvalue weighted by atomic mass is 16.2. The van der Waals surface area contributed by atoms with Crippen LogP contribution in [0.2, 0.25) is 0 Å². The average Bonchev–Trinajstić information content (AvgIpc) is 2.98. The molecule has 3 rings (SSSR count). The van der Waals surface area contributed by atoms with Crippen LogP contribution in [0, 0.1) is 5.92 Å². The maximum Gasteiger partial charge on any atom is 0.244 e. The molecule has 124 valence electrons. The highest BCUT2D eigenvalue weighted by Crippen LogP contribution is 2.27. The van der Waals surface area contributed by atoms with Crippen molar-refractivity contribution in [3.63, 3.8) is 0 Å². The smallest absolute Gasteiger partial charge is 0.244 e. The Balaban J connectivity index is 1.53. The van der Waals surface area contributed by atoms with Crippen LogP contribution in [0.15, 0.2) is 59.4 Å². The molecule has 4 heteroatoms. The number of aromatic nitrogens is 1. The summed E-state index contributed by atoms with van der Waals surface area (Å²) in [5, 5.41) is 5.18. The van der Waals surface area contributed by atoms with Crippen LogP contribution < -0.4 is 5.43 Å². The monoisotopic (exact) mass is 321 g/mol. The Morgan fingerprint density at radius 3 is 3.04 bits per heavy atom. The topological polar surface area (TPSA) is 57.2 Å². The molecule has 0 fully saturated rings. The van der Waals surface area contributed by atoms with E-state index < -0.39 is 0 Å². The van der Waals surface area contributed by atoms with Crippen LogP contribution in [0.4, 0.5) is 0 Å². The second kappa shape index (κ2) is 7.30. The van der Waals surface area contributed by atoms with Gasteiger partial charge in [0.05, 0.1) is 12.6 Å². The summed E-state index contributed by atoms with van der Waals surface area (Å²) in [4.78, 5) is 15.2. The summed E-state index contributed by atoms with van der Waals surface area (Å²) < 4.78 is 0. The van der Waals surface area contributed by atoms with Crippen molar-refractivity contribution in [2.24, 2.45) is 11.0 Å². The van der Waals surface area contributed by atoms with Crippen LogP contribution in [-0.4, -0.2) is 17.1 Å². The third kappa shape index (κ3) is 3.82. The van der Waals surface area contributed by atoms with Crippen molar-refractivity contribution < 1.29 is 4.79 Å². The van der Waals surface area contributed by atoms with Gasteiger partial charge in [0.2, 0.25) is 5.91 Å². The number of carbonyl (C=O) groups excluding carboxylic acids is 1. The van der Waals surface area contributed by atoms with E-state index in [-0.39, 0.29) is 5.91 Å². The van der Waals surface area contributed by atoms with Crippen molar-refractivity contribution in [3.05, 3.63) is 59.8 Å². The standard InChI is InChI=1S/C20H23N3O/c1-14(2)16-9-7-15(8-10-16)12-22-23-20(24)11-17-13-21-19-6-4-3-5-18(17)19/h3-7,12-13,16,21H,1,8-11H2,2H3,(H,23,24). The van der Waals surface area contributed by atoms with E-state index in [1.54, 1.807) is 6.21 Å². The van der Waals surface area contributed by atoms with E-state index in [4.69, 9.17) is 0 Å². The van der Waals surface area contributed by atoms with Gasteiger partial charge in [0, 0.05) is 17.1 Å². The van der Waals surface area contributed by atoms with Crippen molar-refractivity contribution in [1.82, 2.24) is 10.4 Å². The molecule has 2 aromatic rings. The maximum absolute atomic E-state index is 12.1. The van der Waals surface area contributed by atoms with E-state index >= 15 is 0 Å². The first-order valence-corrected chi connectivity index (χ1v) is 8.35. The van der Waals surface area contributed by atoms with Gasteiger partial charge in [-0.25, -0.2) is 5.43 Å².